The third-order valence-corrected chi connectivity index (χ3v) is 4.31. The summed E-state index contributed by atoms with van der Waals surface area (Å²) >= 11 is 0. The van der Waals surface area contributed by atoms with E-state index in [1.165, 1.54) is 77.0 Å². The maximum Gasteiger partial charge on any atom is 0.329 e. The van der Waals surface area contributed by atoms with Gasteiger partial charge in [0.25, 0.3) is 0 Å². The van der Waals surface area contributed by atoms with Gasteiger partial charge in [0.1, 0.15) is 13.2 Å². The molecule has 5 nitrogen and oxygen atoms in total. The molecule has 0 spiro atoms. The van der Waals surface area contributed by atoms with E-state index in [4.69, 9.17) is 9.84 Å². The number of amides is 1. The monoisotopic (exact) mass is 357 g/mol. The second-order valence-electron chi connectivity index (χ2n) is 6.83. The highest BCUT2D eigenvalue weighted by Gasteiger charge is 2.02. The lowest BCUT2D eigenvalue weighted by molar-refractivity contribution is -0.143. The molecule has 1 amide bonds. The van der Waals surface area contributed by atoms with Gasteiger partial charge in [-0.05, 0) is 6.42 Å². The fourth-order valence-corrected chi connectivity index (χ4v) is 2.83. The Bertz CT molecular complexity index is 321. The van der Waals surface area contributed by atoms with Gasteiger partial charge in [0.2, 0.25) is 5.91 Å². The number of unbranched alkanes of at least 4 members (excludes halogenated alkanes) is 13. The molecule has 0 saturated carbocycles. The number of nitrogens with one attached hydrogen (secondary N) is 1. The standard InChI is InChI=1S/C20H39NO4/c1-2-3-4-5-6-7-8-9-10-11-12-13-14-15-16-21-19(22)17-25-18-20(23)24/h2-18H2,1H3,(H,21,22)(H,23,24). The van der Waals surface area contributed by atoms with Gasteiger partial charge in [-0.1, -0.05) is 90.4 Å². The minimum Gasteiger partial charge on any atom is -0.480 e. The molecular formula is C20H39NO4. The second-order valence-corrected chi connectivity index (χ2v) is 6.83. The van der Waals surface area contributed by atoms with Gasteiger partial charge in [0.05, 0.1) is 0 Å². The largest absolute Gasteiger partial charge is 0.480 e. The molecule has 5 heteroatoms. The number of carboxylic acid groups (broad SMARTS) is 1. The summed E-state index contributed by atoms with van der Waals surface area (Å²) in [6.07, 6.45) is 18.4. The Morgan fingerprint density at radius 3 is 1.60 bits per heavy atom. The molecular weight excluding hydrogens is 318 g/mol. The highest BCUT2D eigenvalue weighted by molar-refractivity contribution is 5.77. The topological polar surface area (TPSA) is 75.6 Å². The Kier molecular flexibility index (Phi) is 18.4. The van der Waals surface area contributed by atoms with E-state index in [1.807, 2.05) is 0 Å². The normalized spacial score (nSPS) is 10.8. The van der Waals surface area contributed by atoms with E-state index in [9.17, 15) is 9.59 Å². The molecule has 0 fully saturated rings. The van der Waals surface area contributed by atoms with Crippen molar-refractivity contribution in [1.82, 2.24) is 5.32 Å². The van der Waals surface area contributed by atoms with Gasteiger partial charge in [-0.3, -0.25) is 4.79 Å². The summed E-state index contributed by atoms with van der Waals surface area (Å²) in [5.74, 6) is -1.30. The summed E-state index contributed by atoms with van der Waals surface area (Å²) in [4.78, 5) is 21.6. The van der Waals surface area contributed by atoms with E-state index in [0.29, 0.717) is 6.54 Å². The van der Waals surface area contributed by atoms with Crippen molar-refractivity contribution in [3.8, 4) is 0 Å². The summed E-state index contributed by atoms with van der Waals surface area (Å²) in [6, 6.07) is 0. The van der Waals surface area contributed by atoms with Crippen LogP contribution in [0.15, 0.2) is 0 Å². The van der Waals surface area contributed by atoms with Crippen molar-refractivity contribution in [2.75, 3.05) is 19.8 Å². The first-order valence-corrected chi connectivity index (χ1v) is 10.2. The zero-order valence-corrected chi connectivity index (χ0v) is 16.2. The summed E-state index contributed by atoms with van der Waals surface area (Å²) in [5.41, 5.74) is 0. The van der Waals surface area contributed by atoms with Crippen molar-refractivity contribution < 1.29 is 19.4 Å². The first-order chi connectivity index (χ1) is 12.2. The molecule has 0 unspecified atom stereocenters. The van der Waals surface area contributed by atoms with Crippen molar-refractivity contribution in [2.24, 2.45) is 0 Å². The molecule has 0 saturated heterocycles. The van der Waals surface area contributed by atoms with Gasteiger partial charge >= 0.3 is 5.97 Å². The summed E-state index contributed by atoms with van der Waals surface area (Å²) in [6.45, 7) is 2.31. The molecule has 25 heavy (non-hydrogen) atoms. The summed E-state index contributed by atoms with van der Waals surface area (Å²) in [7, 11) is 0. The first-order valence-electron chi connectivity index (χ1n) is 10.2. The first kappa shape index (κ1) is 23.9. The van der Waals surface area contributed by atoms with Gasteiger partial charge in [-0.2, -0.15) is 0 Å². The van der Waals surface area contributed by atoms with Crippen LogP contribution in [0.2, 0.25) is 0 Å². The minimum atomic E-state index is -1.06. The van der Waals surface area contributed by atoms with Crippen LogP contribution in [-0.4, -0.2) is 36.7 Å². The Balaban J connectivity index is 3.11. The number of ether oxygens (including phenoxy) is 1. The van der Waals surface area contributed by atoms with E-state index in [-0.39, 0.29) is 12.5 Å². The number of hydrogen-bond acceptors (Lipinski definition) is 3. The van der Waals surface area contributed by atoms with Crippen LogP contribution in [0.1, 0.15) is 96.8 Å². The van der Waals surface area contributed by atoms with Crippen LogP contribution >= 0.6 is 0 Å². The lowest BCUT2D eigenvalue weighted by atomic mass is 10.0. The van der Waals surface area contributed by atoms with Gasteiger partial charge in [0.15, 0.2) is 0 Å². The highest BCUT2D eigenvalue weighted by atomic mass is 16.5. The predicted molar refractivity (Wildman–Crippen MR) is 102 cm³/mol. The predicted octanol–water partition coefficient (Wildman–Crippen LogP) is 4.69. The van der Waals surface area contributed by atoms with Crippen LogP contribution in [0.3, 0.4) is 0 Å². The SMILES string of the molecule is CCCCCCCCCCCCCCCCNC(=O)COCC(=O)O. The molecule has 0 bridgehead atoms. The van der Waals surface area contributed by atoms with Gasteiger partial charge in [0, 0.05) is 6.54 Å². The third kappa shape index (κ3) is 20.9. The third-order valence-electron chi connectivity index (χ3n) is 4.31. The number of rotatable bonds is 19. The quantitative estimate of drug-likeness (QED) is 0.329. The molecule has 0 aliphatic heterocycles. The van der Waals surface area contributed by atoms with Crippen LogP contribution in [0.4, 0.5) is 0 Å². The molecule has 0 aliphatic rings. The van der Waals surface area contributed by atoms with Crippen molar-refractivity contribution in [3.63, 3.8) is 0 Å². The Morgan fingerprint density at radius 2 is 1.16 bits per heavy atom. The van der Waals surface area contributed by atoms with Crippen molar-refractivity contribution >= 4 is 11.9 Å². The van der Waals surface area contributed by atoms with Gasteiger partial charge < -0.3 is 15.2 Å². The Hall–Kier alpha value is -1.10. The molecule has 0 rings (SSSR count). The zero-order chi connectivity index (χ0) is 18.6. The lowest BCUT2D eigenvalue weighted by Crippen LogP contribution is -2.29. The minimum absolute atomic E-state index is 0.176. The van der Waals surface area contributed by atoms with E-state index in [2.05, 4.69) is 12.2 Å². The van der Waals surface area contributed by atoms with E-state index in [1.54, 1.807) is 0 Å². The van der Waals surface area contributed by atoms with Gasteiger partial charge in [-0.25, -0.2) is 4.79 Å². The second kappa shape index (κ2) is 19.2. The van der Waals surface area contributed by atoms with Crippen LogP contribution < -0.4 is 5.32 Å². The Labute approximate surface area is 153 Å². The summed E-state index contributed by atoms with van der Waals surface area (Å²) < 4.78 is 4.72. The molecule has 2 N–H and O–H groups in total. The average Bonchev–Trinajstić information content (AvgIpc) is 2.58. The number of carbonyl (C=O) groups excluding carboxylic acids is 1. The van der Waals surface area contributed by atoms with Crippen LogP contribution in [0.25, 0.3) is 0 Å². The number of carboxylic acids is 1. The molecule has 0 aromatic carbocycles. The molecule has 0 heterocycles. The zero-order valence-electron chi connectivity index (χ0n) is 16.2. The van der Waals surface area contributed by atoms with E-state index in [0.717, 1.165) is 12.8 Å². The summed E-state index contributed by atoms with van der Waals surface area (Å²) in [5, 5.41) is 11.1. The van der Waals surface area contributed by atoms with Crippen LogP contribution in [0, 0.1) is 0 Å². The number of hydrogen-bond donors (Lipinski definition) is 2. The Morgan fingerprint density at radius 1 is 0.720 bits per heavy atom. The maximum atomic E-state index is 11.3. The van der Waals surface area contributed by atoms with E-state index >= 15 is 0 Å². The fourth-order valence-electron chi connectivity index (χ4n) is 2.83. The maximum absolute atomic E-state index is 11.3. The lowest BCUT2D eigenvalue weighted by Gasteiger charge is -2.05. The number of carbonyl (C=O) groups is 2. The molecule has 0 atom stereocenters. The van der Waals surface area contributed by atoms with Gasteiger partial charge in [-0.15, -0.1) is 0 Å². The van der Waals surface area contributed by atoms with Crippen LogP contribution in [-0.2, 0) is 14.3 Å². The fraction of sp³-hybridized carbons (Fsp3) is 0.900. The molecule has 0 radical (unpaired) electrons. The molecule has 0 aliphatic carbocycles. The van der Waals surface area contributed by atoms with Crippen molar-refractivity contribution in [2.45, 2.75) is 96.8 Å². The van der Waals surface area contributed by atoms with Crippen molar-refractivity contribution in [1.29, 1.82) is 0 Å². The smallest absolute Gasteiger partial charge is 0.329 e. The molecule has 148 valence electrons. The van der Waals surface area contributed by atoms with Crippen LogP contribution in [0.5, 0.6) is 0 Å². The van der Waals surface area contributed by atoms with Crippen molar-refractivity contribution in [3.05, 3.63) is 0 Å². The highest BCUT2D eigenvalue weighted by Crippen LogP contribution is 2.12. The average molecular weight is 358 g/mol. The number of aliphatic carboxylic acids is 1. The van der Waals surface area contributed by atoms with E-state index < -0.39 is 12.6 Å². The molecule has 0 aromatic rings. The molecule has 0 aromatic heterocycles.